The minimum Gasteiger partial charge on any atom is -0.368 e. The van der Waals surface area contributed by atoms with Crippen LogP contribution >= 0.6 is 0 Å². The molecule has 1 aromatic carbocycles. The molecule has 4 heterocycles. The second-order valence-corrected chi connectivity index (χ2v) is 12.2. The molecule has 0 atom stereocenters. The van der Waals surface area contributed by atoms with Crippen LogP contribution in [0.1, 0.15) is 37.3 Å². The second kappa shape index (κ2) is 8.25. The first-order valence-corrected chi connectivity index (χ1v) is 14.2. The van der Waals surface area contributed by atoms with Gasteiger partial charge in [0, 0.05) is 61.3 Å². The third-order valence-electron chi connectivity index (χ3n) is 8.00. The first-order valence-electron chi connectivity index (χ1n) is 12.3. The van der Waals surface area contributed by atoms with Gasteiger partial charge in [-0.25, -0.2) is 13.4 Å². The first-order chi connectivity index (χ1) is 16.9. The van der Waals surface area contributed by atoms with Crippen molar-refractivity contribution in [2.24, 2.45) is 0 Å². The molecule has 35 heavy (non-hydrogen) atoms. The van der Waals surface area contributed by atoms with Crippen molar-refractivity contribution in [3.05, 3.63) is 48.2 Å². The number of nitriles is 1. The largest absolute Gasteiger partial charge is 0.368 e. The molecule has 1 saturated carbocycles. The molecule has 9 heteroatoms. The number of pyridine rings is 1. The predicted octanol–water partition coefficient (Wildman–Crippen LogP) is 3.10. The number of benzene rings is 1. The smallest absolute Gasteiger partial charge is 0.175 e. The zero-order valence-corrected chi connectivity index (χ0v) is 20.8. The average molecular weight is 491 g/mol. The van der Waals surface area contributed by atoms with Crippen LogP contribution < -0.4 is 15.1 Å². The van der Waals surface area contributed by atoms with Gasteiger partial charge in [0.15, 0.2) is 9.84 Å². The molecule has 6 rings (SSSR count). The fraction of sp³-hybridized carbons (Fsp3) is 0.462. The topological polar surface area (TPSA) is 94.3 Å². The van der Waals surface area contributed by atoms with Crippen molar-refractivity contribution in [3.63, 3.8) is 0 Å². The highest BCUT2D eigenvalue weighted by Gasteiger charge is 2.46. The van der Waals surface area contributed by atoms with E-state index in [2.05, 4.69) is 25.8 Å². The van der Waals surface area contributed by atoms with E-state index in [0.29, 0.717) is 22.0 Å². The lowest BCUT2D eigenvalue weighted by molar-refractivity contribution is 0.134. The summed E-state index contributed by atoms with van der Waals surface area (Å²) in [4.78, 5) is 9.97. The van der Waals surface area contributed by atoms with Crippen LogP contribution in [0.4, 0.5) is 11.5 Å². The summed E-state index contributed by atoms with van der Waals surface area (Å²) in [6, 6.07) is 14.0. The maximum atomic E-state index is 11.7. The standard InChI is InChI=1S/C26H30N6O2S/c1-35(33,34)22-5-3-20(4-6-22)30-11-13-31(14-12-30)24-8-7-23-19(17-27)18-32(25(23)29-24)21-15-26(16-21)9-2-10-28-26/h3-8,18,21,28H,2,9-16H2,1H3. The molecule has 0 bridgehead atoms. The average Bonchev–Trinajstić information content (AvgIpc) is 3.48. The molecule has 1 spiro atoms. The van der Waals surface area contributed by atoms with Gasteiger partial charge < -0.3 is 19.7 Å². The van der Waals surface area contributed by atoms with Gasteiger partial charge in [-0.1, -0.05) is 0 Å². The molecular weight excluding hydrogens is 460 g/mol. The van der Waals surface area contributed by atoms with E-state index in [1.807, 2.05) is 30.5 Å². The molecule has 3 aliphatic rings. The number of piperazine rings is 1. The molecule has 3 fully saturated rings. The molecule has 0 amide bonds. The van der Waals surface area contributed by atoms with Crippen molar-refractivity contribution >= 4 is 32.4 Å². The summed E-state index contributed by atoms with van der Waals surface area (Å²) < 4.78 is 25.7. The lowest BCUT2D eigenvalue weighted by Crippen LogP contribution is -2.51. The molecule has 3 aromatic rings. The number of nitrogens with one attached hydrogen (secondary N) is 1. The summed E-state index contributed by atoms with van der Waals surface area (Å²) in [5.74, 6) is 0.946. The van der Waals surface area contributed by atoms with E-state index in [4.69, 9.17) is 4.98 Å². The van der Waals surface area contributed by atoms with E-state index >= 15 is 0 Å². The van der Waals surface area contributed by atoms with Crippen molar-refractivity contribution < 1.29 is 8.42 Å². The van der Waals surface area contributed by atoms with Gasteiger partial charge in [0.2, 0.25) is 0 Å². The normalized spacial score (nSPS) is 24.6. The molecule has 8 nitrogen and oxygen atoms in total. The van der Waals surface area contributed by atoms with Crippen molar-refractivity contribution in [2.45, 2.75) is 42.2 Å². The van der Waals surface area contributed by atoms with E-state index in [-0.39, 0.29) is 0 Å². The van der Waals surface area contributed by atoms with Crippen LogP contribution in [0.2, 0.25) is 0 Å². The highest BCUT2D eigenvalue weighted by molar-refractivity contribution is 7.90. The minimum atomic E-state index is -3.19. The Morgan fingerprint density at radius 3 is 2.40 bits per heavy atom. The zero-order chi connectivity index (χ0) is 24.2. The van der Waals surface area contributed by atoms with E-state index in [9.17, 15) is 13.7 Å². The van der Waals surface area contributed by atoms with Crippen molar-refractivity contribution in [1.29, 1.82) is 5.26 Å². The van der Waals surface area contributed by atoms with E-state index in [1.165, 1.54) is 19.1 Å². The van der Waals surface area contributed by atoms with Crippen LogP contribution in [-0.4, -0.2) is 62.5 Å². The number of fused-ring (bicyclic) bond motifs is 1. The molecule has 2 aliphatic heterocycles. The van der Waals surface area contributed by atoms with E-state index < -0.39 is 9.84 Å². The van der Waals surface area contributed by atoms with Gasteiger partial charge in [0.1, 0.15) is 17.5 Å². The number of nitrogens with zero attached hydrogens (tertiary/aromatic N) is 5. The van der Waals surface area contributed by atoms with E-state index in [0.717, 1.165) is 68.1 Å². The van der Waals surface area contributed by atoms with Gasteiger partial charge in [0.25, 0.3) is 0 Å². The Morgan fingerprint density at radius 1 is 1.06 bits per heavy atom. The number of hydrogen-bond acceptors (Lipinski definition) is 7. The fourth-order valence-corrected chi connectivity index (χ4v) is 6.64. The first kappa shape index (κ1) is 22.4. The van der Waals surface area contributed by atoms with Gasteiger partial charge in [-0.15, -0.1) is 0 Å². The number of anilines is 2. The van der Waals surface area contributed by atoms with Crippen molar-refractivity contribution in [2.75, 3.05) is 48.8 Å². The Morgan fingerprint density at radius 2 is 1.77 bits per heavy atom. The second-order valence-electron chi connectivity index (χ2n) is 10.2. The maximum Gasteiger partial charge on any atom is 0.175 e. The molecule has 0 radical (unpaired) electrons. The van der Waals surface area contributed by atoms with Crippen LogP contribution in [0.5, 0.6) is 0 Å². The Hall–Kier alpha value is -3.09. The summed E-state index contributed by atoms with van der Waals surface area (Å²) in [7, 11) is -3.19. The number of rotatable bonds is 4. The Kier molecular flexibility index (Phi) is 5.27. The van der Waals surface area contributed by atoms with Crippen LogP contribution in [0.15, 0.2) is 47.5 Å². The fourth-order valence-electron chi connectivity index (χ4n) is 6.01. The number of sulfone groups is 1. The molecule has 0 unspecified atom stereocenters. The summed E-state index contributed by atoms with van der Waals surface area (Å²) in [6.45, 7) is 4.43. The lowest BCUT2D eigenvalue weighted by Gasteiger charge is -2.46. The van der Waals surface area contributed by atoms with Crippen LogP contribution in [0, 0.1) is 11.3 Å². The third-order valence-corrected chi connectivity index (χ3v) is 9.12. The summed E-state index contributed by atoms with van der Waals surface area (Å²) >= 11 is 0. The van der Waals surface area contributed by atoms with Crippen LogP contribution in [0.3, 0.4) is 0 Å². The van der Waals surface area contributed by atoms with Gasteiger partial charge in [0.05, 0.1) is 10.5 Å². The van der Waals surface area contributed by atoms with Gasteiger partial charge in [-0.05, 0) is 68.6 Å². The number of aromatic nitrogens is 2. The summed E-state index contributed by atoms with van der Waals surface area (Å²) in [5.41, 5.74) is 2.94. The van der Waals surface area contributed by atoms with Crippen molar-refractivity contribution in [3.8, 4) is 6.07 Å². The van der Waals surface area contributed by atoms with Gasteiger partial charge in [-0.3, -0.25) is 0 Å². The van der Waals surface area contributed by atoms with Crippen LogP contribution in [-0.2, 0) is 9.84 Å². The maximum absolute atomic E-state index is 11.7. The summed E-state index contributed by atoms with van der Waals surface area (Å²) in [6.07, 6.45) is 7.92. The summed E-state index contributed by atoms with van der Waals surface area (Å²) in [5, 5.41) is 14.3. The highest BCUT2D eigenvalue weighted by atomic mass is 32.2. The highest BCUT2D eigenvalue weighted by Crippen LogP contribution is 2.47. The molecule has 2 aromatic heterocycles. The zero-order valence-electron chi connectivity index (χ0n) is 19.9. The van der Waals surface area contributed by atoms with Crippen LogP contribution in [0.25, 0.3) is 11.0 Å². The monoisotopic (exact) mass is 490 g/mol. The van der Waals surface area contributed by atoms with Gasteiger partial charge in [-0.2, -0.15) is 5.26 Å². The lowest BCUT2D eigenvalue weighted by atomic mass is 9.71. The SMILES string of the molecule is CS(=O)(=O)c1ccc(N2CCN(c3ccc4c(C#N)cn(C5CC6(CCCN6)C5)c4n3)CC2)cc1. The van der Waals surface area contributed by atoms with Gasteiger partial charge >= 0.3 is 0 Å². The minimum absolute atomic E-state index is 0.293. The Balaban J connectivity index is 1.19. The predicted molar refractivity (Wildman–Crippen MR) is 137 cm³/mol. The quantitative estimate of drug-likeness (QED) is 0.601. The molecule has 182 valence electrons. The Bertz CT molecular complexity index is 1400. The van der Waals surface area contributed by atoms with E-state index in [1.54, 1.807) is 12.1 Å². The molecule has 2 saturated heterocycles. The Labute approximate surface area is 206 Å². The number of hydrogen-bond donors (Lipinski definition) is 1. The molecule has 1 aliphatic carbocycles. The third kappa shape index (κ3) is 3.95. The molecular formula is C26H30N6O2S. The van der Waals surface area contributed by atoms with Crippen molar-refractivity contribution in [1.82, 2.24) is 14.9 Å². The molecule has 1 N–H and O–H groups in total.